The van der Waals surface area contributed by atoms with Crippen LogP contribution in [0, 0.1) is 13.8 Å². The second-order valence-corrected chi connectivity index (χ2v) is 8.62. The molecule has 4 aromatic rings. The van der Waals surface area contributed by atoms with E-state index in [0.29, 0.717) is 0 Å². The molecule has 138 valence electrons. The van der Waals surface area contributed by atoms with Gasteiger partial charge in [-0.3, -0.25) is 0 Å². The number of rotatable bonds is 1. The molecule has 1 heterocycles. The van der Waals surface area contributed by atoms with E-state index in [0.717, 1.165) is 0 Å². The highest BCUT2D eigenvalue weighted by atomic mass is 14.9. The molecule has 0 unspecified atom stereocenters. The third kappa shape index (κ3) is 2.16. The lowest BCUT2D eigenvalue weighted by Crippen LogP contribution is -2.33. The molecule has 0 bridgehead atoms. The number of aryl methyl sites for hydroxylation is 2. The van der Waals surface area contributed by atoms with Crippen LogP contribution >= 0.6 is 0 Å². The van der Waals surface area contributed by atoms with Crippen LogP contribution in [-0.4, -0.2) is 0 Å². The Labute approximate surface area is 167 Å². The molecular weight excluding hydrogens is 338 g/mol. The summed E-state index contributed by atoms with van der Waals surface area (Å²) in [4.78, 5) is 0. The number of para-hydroxylation sites is 1. The first-order valence-electron chi connectivity index (χ1n) is 10.0. The summed E-state index contributed by atoms with van der Waals surface area (Å²) >= 11 is 0. The van der Waals surface area contributed by atoms with E-state index in [9.17, 15) is 0 Å². The topological polar surface area (TPSA) is 3.88 Å². The molecule has 3 aromatic carbocycles. The highest BCUT2D eigenvalue weighted by Crippen LogP contribution is 2.53. The van der Waals surface area contributed by atoms with Gasteiger partial charge in [0, 0.05) is 22.9 Å². The molecule has 1 heteroatoms. The van der Waals surface area contributed by atoms with Gasteiger partial charge in [-0.05, 0) is 59.4 Å². The van der Waals surface area contributed by atoms with E-state index in [4.69, 9.17) is 0 Å². The fraction of sp³-hybridized carbons (Fsp3) is 0.222. The molecule has 5 rings (SSSR count). The predicted octanol–water partition coefficient (Wildman–Crippen LogP) is 6.25. The van der Waals surface area contributed by atoms with Crippen molar-refractivity contribution in [2.45, 2.75) is 33.1 Å². The van der Waals surface area contributed by atoms with Gasteiger partial charge in [0.2, 0.25) is 11.2 Å². The maximum absolute atomic E-state index is 2.39. The van der Waals surface area contributed by atoms with Gasteiger partial charge < -0.3 is 0 Å². The molecule has 28 heavy (non-hydrogen) atoms. The molecular formula is C27H26N+. The van der Waals surface area contributed by atoms with Gasteiger partial charge in [0.15, 0.2) is 0 Å². The van der Waals surface area contributed by atoms with Gasteiger partial charge in [-0.15, -0.1) is 0 Å². The molecule has 1 aliphatic rings. The summed E-state index contributed by atoms with van der Waals surface area (Å²) in [5, 5.41) is 1.28. The van der Waals surface area contributed by atoms with Crippen LogP contribution < -0.4 is 4.57 Å². The number of benzene rings is 3. The molecule has 0 saturated heterocycles. The summed E-state index contributed by atoms with van der Waals surface area (Å²) in [6.45, 7) is 9.27. The summed E-state index contributed by atoms with van der Waals surface area (Å²) in [6, 6.07) is 24.5. The van der Waals surface area contributed by atoms with Gasteiger partial charge in [-0.1, -0.05) is 56.3 Å². The Morgan fingerprint density at radius 3 is 2.32 bits per heavy atom. The zero-order valence-electron chi connectivity index (χ0n) is 17.3. The highest BCUT2D eigenvalue weighted by Gasteiger charge is 2.40. The van der Waals surface area contributed by atoms with Gasteiger partial charge >= 0.3 is 0 Å². The molecule has 0 fully saturated rings. The Balaban J connectivity index is 1.92. The van der Waals surface area contributed by atoms with Crippen molar-refractivity contribution in [1.82, 2.24) is 0 Å². The smallest absolute Gasteiger partial charge is 0.194 e. The Morgan fingerprint density at radius 1 is 0.786 bits per heavy atom. The van der Waals surface area contributed by atoms with Gasteiger partial charge in [0.1, 0.15) is 7.05 Å². The number of nitrogens with zero attached hydrogens (tertiary/aromatic N) is 1. The molecule has 0 spiro atoms. The summed E-state index contributed by atoms with van der Waals surface area (Å²) in [6.07, 6.45) is 0. The van der Waals surface area contributed by atoms with Crippen molar-refractivity contribution in [2.75, 3.05) is 0 Å². The minimum Gasteiger partial charge on any atom is -0.194 e. The molecule has 0 amide bonds. The lowest BCUT2D eigenvalue weighted by Gasteiger charge is -2.25. The van der Waals surface area contributed by atoms with E-state index in [2.05, 4.69) is 106 Å². The van der Waals surface area contributed by atoms with Gasteiger partial charge in [0.05, 0.1) is 5.56 Å². The fourth-order valence-corrected chi connectivity index (χ4v) is 5.09. The van der Waals surface area contributed by atoms with Gasteiger partial charge in [-0.2, -0.15) is 4.57 Å². The molecule has 0 saturated carbocycles. The summed E-state index contributed by atoms with van der Waals surface area (Å²) < 4.78 is 2.36. The Morgan fingerprint density at radius 2 is 1.50 bits per heavy atom. The minimum absolute atomic E-state index is 0.0155. The Hall–Kier alpha value is -2.93. The normalized spacial score (nSPS) is 14.2. The number of hydrogen-bond donors (Lipinski definition) is 0. The van der Waals surface area contributed by atoms with E-state index < -0.39 is 0 Å². The molecule has 1 aromatic heterocycles. The largest absolute Gasteiger partial charge is 0.213 e. The van der Waals surface area contributed by atoms with Crippen LogP contribution in [0.15, 0.2) is 66.7 Å². The predicted molar refractivity (Wildman–Crippen MR) is 118 cm³/mol. The fourth-order valence-electron chi connectivity index (χ4n) is 5.09. The lowest BCUT2D eigenvalue weighted by atomic mass is 9.77. The summed E-state index contributed by atoms with van der Waals surface area (Å²) in [5.41, 5.74) is 12.3. The van der Waals surface area contributed by atoms with E-state index >= 15 is 0 Å². The van der Waals surface area contributed by atoms with Crippen molar-refractivity contribution in [1.29, 1.82) is 0 Å². The third-order valence-corrected chi connectivity index (χ3v) is 6.70. The van der Waals surface area contributed by atoms with Crippen LogP contribution in [0.2, 0.25) is 0 Å². The SMILES string of the molecule is Cc1cc2c(c(-c3ccc4ccccc4[n+]3C)c1C)C(C)(C)c1ccccc1-2. The quantitative estimate of drug-likeness (QED) is 0.351. The van der Waals surface area contributed by atoms with Crippen molar-refractivity contribution in [3.8, 4) is 22.4 Å². The average Bonchev–Trinajstić information content (AvgIpc) is 2.92. The number of fused-ring (bicyclic) bond motifs is 4. The van der Waals surface area contributed by atoms with Crippen LogP contribution in [0.3, 0.4) is 0 Å². The Kier molecular flexibility index (Phi) is 3.55. The number of hydrogen-bond acceptors (Lipinski definition) is 0. The second-order valence-electron chi connectivity index (χ2n) is 8.62. The molecule has 0 aliphatic heterocycles. The van der Waals surface area contributed by atoms with Crippen molar-refractivity contribution >= 4 is 10.9 Å². The monoisotopic (exact) mass is 364 g/mol. The third-order valence-electron chi connectivity index (χ3n) is 6.70. The lowest BCUT2D eigenvalue weighted by molar-refractivity contribution is -0.633. The number of aromatic nitrogens is 1. The van der Waals surface area contributed by atoms with Crippen LogP contribution in [-0.2, 0) is 12.5 Å². The van der Waals surface area contributed by atoms with Crippen LogP contribution in [0.4, 0.5) is 0 Å². The molecule has 0 radical (unpaired) electrons. The first-order valence-corrected chi connectivity index (χ1v) is 10.0. The van der Waals surface area contributed by atoms with Crippen molar-refractivity contribution in [3.05, 3.63) is 89.0 Å². The van der Waals surface area contributed by atoms with Crippen LogP contribution in [0.1, 0.15) is 36.1 Å². The van der Waals surface area contributed by atoms with E-state index in [-0.39, 0.29) is 5.41 Å². The molecule has 0 N–H and O–H groups in total. The number of pyridine rings is 1. The summed E-state index contributed by atoms with van der Waals surface area (Å²) in [5.74, 6) is 0. The zero-order valence-corrected chi connectivity index (χ0v) is 17.3. The minimum atomic E-state index is -0.0155. The molecule has 0 atom stereocenters. The first kappa shape index (κ1) is 17.2. The van der Waals surface area contributed by atoms with Gasteiger partial charge in [0.25, 0.3) is 0 Å². The van der Waals surface area contributed by atoms with Crippen LogP contribution in [0.5, 0.6) is 0 Å². The Bertz CT molecular complexity index is 1260. The molecule has 1 aliphatic carbocycles. The van der Waals surface area contributed by atoms with E-state index in [1.165, 1.54) is 55.5 Å². The van der Waals surface area contributed by atoms with Crippen molar-refractivity contribution < 1.29 is 4.57 Å². The van der Waals surface area contributed by atoms with E-state index in [1.807, 2.05) is 0 Å². The van der Waals surface area contributed by atoms with Crippen molar-refractivity contribution in [3.63, 3.8) is 0 Å². The highest BCUT2D eigenvalue weighted by molar-refractivity contribution is 5.89. The zero-order chi connectivity index (χ0) is 19.6. The summed E-state index contributed by atoms with van der Waals surface area (Å²) in [7, 11) is 2.20. The van der Waals surface area contributed by atoms with Crippen molar-refractivity contribution in [2.24, 2.45) is 7.05 Å². The van der Waals surface area contributed by atoms with Crippen LogP contribution in [0.25, 0.3) is 33.3 Å². The second kappa shape index (κ2) is 5.78. The maximum atomic E-state index is 2.39. The maximum Gasteiger partial charge on any atom is 0.213 e. The first-order chi connectivity index (χ1) is 13.4. The van der Waals surface area contributed by atoms with E-state index in [1.54, 1.807) is 0 Å². The average molecular weight is 365 g/mol. The molecule has 1 nitrogen and oxygen atoms in total. The standard InChI is InChI=1S/C27H26N/c1-17-16-21-20-11-7-8-12-22(20)27(3,4)26(21)25(18(17)2)24-15-14-19-10-6-9-13-23(19)28(24)5/h6-16H,1-5H3/q+1. The van der Waals surface area contributed by atoms with Gasteiger partial charge in [-0.25, -0.2) is 0 Å².